The van der Waals surface area contributed by atoms with Gasteiger partial charge in [-0.3, -0.25) is 4.79 Å². The molecule has 0 bridgehead atoms. The number of benzene rings is 1. The van der Waals surface area contributed by atoms with Crippen molar-refractivity contribution in [1.82, 2.24) is 5.32 Å². The maximum atomic E-state index is 12.2. The lowest BCUT2D eigenvalue weighted by Gasteiger charge is -2.12. The number of carbonyl (C=O) groups is 1. The van der Waals surface area contributed by atoms with Crippen LogP contribution in [0, 0.1) is 0 Å². The van der Waals surface area contributed by atoms with Gasteiger partial charge in [0, 0.05) is 17.0 Å². The number of thiophene rings is 1. The van der Waals surface area contributed by atoms with Crippen molar-refractivity contribution in [1.29, 1.82) is 0 Å². The summed E-state index contributed by atoms with van der Waals surface area (Å²) in [7, 11) is 0. The van der Waals surface area contributed by atoms with Crippen LogP contribution in [0.1, 0.15) is 22.9 Å². The minimum atomic E-state index is -0.141. The largest absolute Gasteiger partial charge is 0.373 e. The summed E-state index contributed by atoms with van der Waals surface area (Å²) in [4.78, 5) is 13.5. The molecule has 1 aliphatic rings. The van der Waals surface area contributed by atoms with Crippen molar-refractivity contribution in [2.75, 3.05) is 5.32 Å². The fraction of sp³-hybridized carbons (Fsp3) is 0.312. The van der Waals surface area contributed by atoms with E-state index in [0.717, 1.165) is 18.5 Å². The summed E-state index contributed by atoms with van der Waals surface area (Å²) < 4.78 is 0. The fourth-order valence-electron chi connectivity index (χ4n) is 2.58. The third kappa shape index (κ3) is 2.56. The van der Waals surface area contributed by atoms with Gasteiger partial charge in [0.05, 0.1) is 6.54 Å². The van der Waals surface area contributed by atoms with Gasteiger partial charge >= 0.3 is 0 Å². The predicted molar refractivity (Wildman–Crippen MR) is 83.1 cm³/mol. The zero-order valence-electron chi connectivity index (χ0n) is 11.5. The van der Waals surface area contributed by atoms with Crippen molar-refractivity contribution < 1.29 is 4.79 Å². The third-order valence-corrected chi connectivity index (χ3v) is 4.69. The number of nitrogens with one attached hydrogen (secondary N) is 2. The topological polar surface area (TPSA) is 41.1 Å². The molecule has 1 aliphatic heterocycles. The van der Waals surface area contributed by atoms with Crippen molar-refractivity contribution in [3.63, 3.8) is 0 Å². The number of amides is 1. The average Bonchev–Trinajstić information content (AvgIpc) is 3.10. The Bertz CT molecular complexity index is 595. The first-order valence-corrected chi connectivity index (χ1v) is 7.83. The molecule has 0 saturated carbocycles. The van der Waals surface area contributed by atoms with Crippen molar-refractivity contribution in [2.45, 2.75) is 32.4 Å². The molecule has 3 nitrogen and oxygen atoms in total. The molecule has 0 aliphatic carbocycles. The lowest BCUT2D eigenvalue weighted by molar-refractivity contribution is -0.121. The second-order valence-corrected chi connectivity index (χ2v) is 6.00. The first kappa shape index (κ1) is 13.2. The molecule has 0 radical (unpaired) electrons. The molecule has 20 heavy (non-hydrogen) atoms. The van der Waals surface area contributed by atoms with Crippen LogP contribution in [0.25, 0.3) is 0 Å². The molecule has 0 saturated heterocycles. The number of para-hydroxylation sites is 1. The minimum absolute atomic E-state index is 0.0802. The summed E-state index contributed by atoms with van der Waals surface area (Å²) in [5.41, 5.74) is 3.63. The van der Waals surface area contributed by atoms with Crippen LogP contribution in [-0.2, 0) is 24.2 Å². The minimum Gasteiger partial charge on any atom is -0.373 e. The quantitative estimate of drug-likeness (QED) is 0.907. The fourth-order valence-corrected chi connectivity index (χ4v) is 3.50. The Balaban J connectivity index is 1.59. The van der Waals surface area contributed by atoms with Gasteiger partial charge in [-0.15, -0.1) is 11.3 Å². The molecule has 2 heterocycles. The zero-order valence-corrected chi connectivity index (χ0v) is 12.3. The highest BCUT2D eigenvalue weighted by atomic mass is 32.1. The van der Waals surface area contributed by atoms with Gasteiger partial charge in [0.1, 0.15) is 6.04 Å². The van der Waals surface area contributed by atoms with Crippen molar-refractivity contribution in [3.8, 4) is 0 Å². The summed E-state index contributed by atoms with van der Waals surface area (Å²) in [6, 6.07) is 10.1. The second kappa shape index (κ2) is 5.67. The number of anilines is 1. The van der Waals surface area contributed by atoms with E-state index in [1.165, 1.54) is 16.0 Å². The lowest BCUT2D eigenvalue weighted by atomic mass is 10.1. The van der Waals surface area contributed by atoms with Crippen LogP contribution in [0.5, 0.6) is 0 Å². The van der Waals surface area contributed by atoms with Gasteiger partial charge in [0.2, 0.25) is 5.91 Å². The van der Waals surface area contributed by atoms with Gasteiger partial charge in [0.25, 0.3) is 0 Å². The molecular formula is C16H18N2OS. The molecule has 1 aromatic heterocycles. The third-order valence-electron chi connectivity index (χ3n) is 3.73. The van der Waals surface area contributed by atoms with Crippen LogP contribution in [0.2, 0.25) is 0 Å². The van der Waals surface area contributed by atoms with Gasteiger partial charge in [-0.2, -0.15) is 0 Å². The molecule has 2 aromatic rings. The van der Waals surface area contributed by atoms with Crippen LogP contribution in [0.3, 0.4) is 0 Å². The summed E-state index contributed by atoms with van der Waals surface area (Å²) in [5.74, 6) is 0.0802. The smallest absolute Gasteiger partial charge is 0.243 e. The number of hydrogen-bond donors (Lipinski definition) is 2. The number of fused-ring (bicyclic) bond motifs is 1. The average molecular weight is 286 g/mol. The molecule has 2 N–H and O–H groups in total. The van der Waals surface area contributed by atoms with Gasteiger partial charge in [-0.1, -0.05) is 25.1 Å². The Morgan fingerprint density at radius 2 is 2.25 bits per heavy atom. The molecule has 4 heteroatoms. The lowest BCUT2D eigenvalue weighted by Crippen LogP contribution is -2.38. The van der Waals surface area contributed by atoms with E-state index in [9.17, 15) is 4.79 Å². The standard InChI is InChI=1S/C16H18N2OS/c1-2-11-7-8-20-15(11)10-17-16(19)14-9-12-5-3-4-6-13(12)18-14/h3-8,14,18H,2,9-10H2,1H3,(H,17,19)/t14-/m0/s1. The Labute approximate surface area is 123 Å². The van der Waals surface area contributed by atoms with Gasteiger partial charge < -0.3 is 10.6 Å². The molecule has 1 atom stereocenters. The Kier molecular flexibility index (Phi) is 3.74. The highest BCUT2D eigenvalue weighted by Gasteiger charge is 2.26. The van der Waals surface area contributed by atoms with Crippen molar-refractivity contribution in [2.24, 2.45) is 0 Å². The monoisotopic (exact) mass is 286 g/mol. The molecule has 1 aromatic carbocycles. The summed E-state index contributed by atoms with van der Waals surface area (Å²) in [6.45, 7) is 2.77. The number of carbonyl (C=O) groups excluding carboxylic acids is 1. The van der Waals surface area contributed by atoms with Crippen LogP contribution in [0.15, 0.2) is 35.7 Å². The van der Waals surface area contributed by atoms with E-state index in [2.05, 4.69) is 35.1 Å². The van der Waals surface area contributed by atoms with E-state index in [0.29, 0.717) is 6.54 Å². The summed E-state index contributed by atoms with van der Waals surface area (Å²) in [5, 5.41) is 8.42. The summed E-state index contributed by atoms with van der Waals surface area (Å²) >= 11 is 1.71. The highest BCUT2D eigenvalue weighted by molar-refractivity contribution is 7.10. The maximum Gasteiger partial charge on any atom is 0.243 e. The van der Waals surface area contributed by atoms with E-state index in [-0.39, 0.29) is 11.9 Å². The van der Waals surface area contributed by atoms with Crippen LogP contribution in [0.4, 0.5) is 5.69 Å². The second-order valence-electron chi connectivity index (χ2n) is 5.00. The van der Waals surface area contributed by atoms with E-state index in [4.69, 9.17) is 0 Å². The number of rotatable bonds is 4. The highest BCUT2D eigenvalue weighted by Crippen LogP contribution is 2.25. The molecule has 104 valence electrons. The van der Waals surface area contributed by atoms with Gasteiger partial charge in [-0.05, 0) is 35.1 Å². The molecule has 0 spiro atoms. The number of hydrogen-bond acceptors (Lipinski definition) is 3. The summed E-state index contributed by atoms with van der Waals surface area (Å²) in [6.07, 6.45) is 1.79. The first-order valence-electron chi connectivity index (χ1n) is 6.95. The van der Waals surface area contributed by atoms with E-state index in [1.807, 2.05) is 18.2 Å². The predicted octanol–water partition coefficient (Wildman–Crippen LogP) is 2.96. The molecule has 1 amide bonds. The first-order chi connectivity index (χ1) is 9.78. The van der Waals surface area contributed by atoms with E-state index < -0.39 is 0 Å². The molecular weight excluding hydrogens is 268 g/mol. The molecule has 0 unspecified atom stereocenters. The zero-order chi connectivity index (χ0) is 13.9. The van der Waals surface area contributed by atoms with Crippen LogP contribution >= 0.6 is 11.3 Å². The van der Waals surface area contributed by atoms with E-state index >= 15 is 0 Å². The van der Waals surface area contributed by atoms with E-state index in [1.54, 1.807) is 11.3 Å². The van der Waals surface area contributed by atoms with Crippen LogP contribution in [-0.4, -0.2) is 11.9 Å². The van der Waals surface area contributed by atoms with Gasteiger partial charge in [0.15, 0.2) is 0 Å². The van der Waals surface area contributed by atoms with Crippen molar-refractivity contribution >= 4 is 22.9 Å². The SMILES string of the molecule is CCc1ccsc1CNC(=O)[C@@H]1Cc2ccccc2N1. The Morgan fingerprint density at radius 3 is 3.05 bits per heavy atom. The van der Waals surface area contributed by atoms with Crippen molar-refractivity contribution in [3.05, 3.63) is 51.7 Å². The Hall–Kier alpha value is -1.81. The number of aryl methyl sites for hydroxylation is 1. The van der Waals surface area contributed by atoms with Crippen LogP contribution < -0.4 is 10.6 Å². The van der Waals surface area contributed by atoms with Gasteiger partial charge in [-0.25, -0.2) is 0 Å². The maximum absolute atomic E-state index is 12.2. The molecule has 3 rings (SSSR count). The Morgan fingerprint density at radius 1 is 1.40 bits per heavy atom. The molecule has 0 fully saturated rings. The normalized spacial score (nSPS) is 16.6.